The Morgan fingerprint density at radius 2 is 1.69 bits per heavy atom. The number of benzene rings is 3. The van der Waals surface area contributed by atoms with Gasteiger partial charge in [-0.3, -0.25) is 9.59 Å². The van der Waals surface area contributed by atoms with Crippen LogP contribution in [0.1, 0.15) is 19.5 Å². The first-order valence-corrected chi connectivity index (χ1v) is 11.9. The fourth-order valence-electron chi connectivity index (χ4n) is 4.27. The normalized spacial score (nSPS) is 11.6. The number of nitrogens with zero attached hydrogens (tertiary/aromatic N) is 1. The number of nitrogens with one attached hydrogen (secondary N) is 2. The van der Waals surface area contributed by atoms with Crippen molar-refractivity contribution in [2.24, 2.45) is 0 Å². The van der Waals surface area contributed by atoms with Crippen molar-refractivity contribution in [3.8, 4) is 11.5 Å². The van der Waals surface area contributed by atoms with Crippen LogP contribution in [0.4, 0.5) is 0 Å². The Bertz CT molecular complexity index is 1310. The second-order valence-corrected chi connectivity index (χ2v) is 8.64. The quantitative estimate of drug-likeness (QED) is 0.324. The molecule has 2 N–H and O–H groups in total. The smallest absolute Gasteiger partial charge is 0.258 e. The predicted octanol–water partition coefficient (Wildman–Crippen LogP) is 4.58. The molecule has 36 heavy (non-hydrogen) atoms. The van der Waals surface area contributed by atoms with E-state index in [0.29, 0.717) is 25.3 Å². The summed E-state index contributed by atoms with van der Waals surface area (Å²) in [6, 6.07) is 24.6. The molecular weight excluding hydrogens is 454 g/mol. The van der Waals surface area contributed by atoms with Crippen LogP contribution in [0.25, 0.3) is 10.9 Å². The largest absolute Gasteiger partial charge is 0.496 e. The maximum atomic E-state index is 12.9. The topological polar surface area (TPSA) is 83.7 Å². The zero-order valence-corrected chi connectivity index (χ0v) is 20.6. The number of carbonyl (C=O) groups excluding carboxylic acids is 2. The van der Waals surface area contributed by atoms with Gasteiger partial charge >= 0.3 is 0 Å². The van der Waals surface area contributed by atoms with Gasteiger partial charge in [0.1, 0.15) is 11.5 Å². The van der Waals surface area contributed by atoms with Gasteiger partial charge in [0.2, 0.25) is 5.91 Å². The molecule has 1 heterocycles. The summed E-state index contributed by atoms with van der Waals surface area (Å²) in [5.74, 6) is 1.02. The summed E-state index contributed by atoms with van der Waals surface area (Å²) in [5.41, 5.74) is 3.00. The highest BCUT2D eigenvalue weighted by Gasteiger charge is 2.22. The van der Waals surface area contributed by atoms with Gasteiger partial charge in [-0.25, -0.2) is 0 Å². The van der Waals surface area contributed by atoms with Gasteiger partial charge in [-0.15, -0.1) is 0 Å². The predicted molar refractivity (Wildman–Crippen MR) is 142 cm³/mol. The maximum Gasteiger partial charge on any atom is 0.258 e. The fraction of sp³-hybridized carbons (Fsp3) is 0.241. The van der Waals surface area contributed by atoms with E-state index in [-0.39, 0.29) is 25.9 Å². The molecule has 0 fully saturated rings. The molecule has 7 heteroatoms. The van der Waals surface area contributed by atoms with Crippen LogP contribution in [0, 0.1) is 0 Å². The molecule has 1 unspecified atom stereocenters. The van der Waals surface area contributed by atoms with Gasteiger partial charge in [-0.2, -0.15) is 0 Å². The summed E-state index contributed by atoms with van der Waals surface area (Å²) in [5, 5.41) is 4.18. The van der Waals surface area contributed by atoms with Gasteiger partial charge in [0, 0.05) is 44.1 Å². The third kappa shape index (κ3) is 6.44. The van der Waals surface area contributed by atoms with Gasteiger partial charge in [-0.1, -0.05) is 54.6 Å². The van der Waals surface area contributed by atoms with Crippen molar-refractivity contribution in [2.75, 3.05) is 20.3 Å². The second-order valence-electron chi connectivity index (χ2n) is 8.64. The van der Waals surface area contributed by atoms with Gasteiger partial charge in [0.15, 0.2) is 6.61 Å². The van der Waals surface area contributed by atoms with Crippen LogP contribution < -0.4 is 14.8 Å². The van der Waals surface area contributed by atoms with Crippen LogP contribution in [0.5, 0.6) is 11.5 Å². The number of fused-ring (bicyclic) bond motifs is 1. The van der Waals surface area contributed by atoms with Crippen LogP contribution in [-0.2, 0) is 22.6 Å². The molecule has 4 rings (SSSR count). The Labute approximate surface area is 212 Å². The first-order chi connectivity index (χ1) is 17.5. The lowest BCUT2D eigenvalue weighted by Gasteiger charge is -2.28. The zero-order chi connectivity index (χ0) is 25.3. The first kappa shape index (κ1) is 24.9. The average Bonchev–Trinajstić information content (AvgIpc) is 3.30. The molecular formula is C29H33N3O4. The molecule has 0 aliphatic rings. The summed E-state index contributed by atoms with van der Waals surface area (Å²) in [4.78, 5) is 30.5. The number of hydrogen-bond donors (Lipinski definition) is 2. The van der Waals surface area contributed by atoms with E-state index in [0.717, 1.165) is 27.8 Å². The van der Waals surface area contributed by atoms with E-state index in [1.54, 1.807) is 31.1 Å². The van der Waals surface area contributed by atoms with E-state index in [2.05, 4.69) is 16.4 Å². The molecule has 0 aliphatic heterocycles. The number of hydrogen-bond acceptors (Lipinski definition) is 4. The number of amides is 2. The Hall–Kier alpha value is -4.26. The molecule has 1 atom stereocenters. The number of para-hydroxylation sites is 3. The second kappa shape index (κ2) is 11.9. The lowest BCUT2D eigenvalue weighted by molar-refractivity contribution is -0.131. The third-order valence-electron chi connectivity index (χ3n) is 6.06. The lowest BCUT2D eigenvalue weighted by atomic mass is 10.0. The number of aromatic amines is 1. The Balaban J connectivity index is 0.00000380. The van der Waals surface area contributed by atoms with Crippen LogP contribution in [0.15, 0.2) is 85.1 Å². The van der Waals surface area contributed by atoms with Gasteiger partial charge < -0.3 is 24.7 Å². The van der Waals surface area contributed by atoms with E-state index in [9.17, 15) is 9.59 Å². The number of methoxy groups -OCH3 is 1. The molecule has 0 radical (unpaired) electrons. The highest BCUT2D eigenvalue weighted by molar-refractivity contribution is 5.83. The average molecular weight is 488 g/mol. The molecule has 3 aromatic carbocycles. The summed E-state index contributed by atoms with van der Waals surface area (Å²) >= 11 is 0. The van der Waals surface area contributed by atoms with E-state index in [1.807, 2.05) is 66.9 Å². The minimum absolute atomic E-state index is 0. The van der Waals surface area contributed by atoms with Gasteiger partial charge in [0.05, 0.1) is 13.2 Å². The van der Waals surface area contributed by atoms with E-state index in [1.165, 1.54) is 0 Å². The highest BCUT2D eigenvalue weighted by atomic mass is 16.5. The fourth-order valence-corrected chi connectivity index (χ4v) is 4.27. The number of carbonyl (C=O) groups is 2. The summed E-state index contributed by atoms with van der Waals surface area (Å²) in [7, 11) is 1.61. The molecule has 4 aromatic rings. The van der Waals surface area contributed by atoms with Crippen molar-refractivity contribution < 1.29 is 20.5 Å². The number of aromatic nitrogens is 1. The molecule has 0 bridgehead atoms. The monoisotopic (exact) mass is 487 g/mol. The van der Waals surface area contributed by atoms with Crippen molar-refractivity contribution in [2.45, 2.75) is 25.9 Å². The Morgan fingerprint density at radius 3 is 2.47 bits per heavy atom. The van der Waals surface area contributed by atoms with Crippen molar-refractivity contribution in [3.63, 3.8) is 0 Å². The molecule has 0 saturated carbocycles. The van der Waals surface area contributed by atoms with Crippen molar-refractivity contribution >= 4 is 22.7 Å². The SMILES string of the molecule is COc1ccccc1CN(CC(Cc1c[nH]c2ccccc12)NC(=O)COc1ccccc1)C(C)=O.[HH]. The first-order valence-electron chi connectivity index (χ1n) is 11.9. The summed E-state index contributed by atoms with van der Waals surface area (Å²) < 4.78 is 11.1. The Morgan fingerprint density at radius 1 is 0.972 bits per heavy atom. The van der Waals surface area contributed by atoms with Crippen molar-refractivity contribution in [3.05, 3.63) is 96.2 Å². The minimum Gasteiger partial charge on any atom is -0.496 e. The minimum atomic E-state index is -0.324. The van der Waals surface area contributed by atoms with E-state index in [4.69, 9.17) is 9.47 Å². The summed E-state index contributed by atoms with van der Waals surface area (Å²) in [6.07, 6.45) is 2.51. The lowest BCUT2D eigenvalue weighted by Crippen LogP contribution is -2.47. The molecule has 0 spiro atoms. The number of rotatable bonds is 11. The molecule has 188 valence electrons. The third-order valence-corrected chi connectivity index (χ3v) is 6.06. The van der Waals surface area contributed by atoms with Crippen LogP contribution in [-0.4, -0.2) is 48.0 Å². The van der Waals surface area contributed by atoms with E-state index < -0.39 is 0 Å². The number of H-pyrrole nitrogens is 1. The standard InChI is InChI=1S/C29H31N3O4.H2/c1-21(33)32(18-22-10-6-9-15-28(22)35-2)19-24(16-23-17-30-27-14-8-7-13-26(23)27)31-29(34)20-36-25-11-4-3-5-12-25;/h3-15,17,24,30H,16,18-20H2,1-2H3,(H,31,34);1H. The van der Waals surface area contributed by atoms with Crippen LogP contribution in [0.2, 0.25) is 0 Å². The zero-order valence-electron chi connectivity index (χ0n) is 20.6. The molecule has 0 saturated heterocycles. The molecule has 7 nitrogen and oxygen atoms in total. The Kier molecular flexibility index (Phi) is 8.24. The van der Waals surface area contributed by atoms with E-state index >= 15 is 0 Å². The van der Waals surface area contributed by atoms with Crippen LogP contribution in [0.3, 0.4) is 0 Å². The highest BCUT2D eigenvalue weighted by Crippen LogP contribution is 2.22. The summed E-state index contributed by atoms with van der Waals surface area (Å²) in [6.45, 7) is 2.14. The maximum absolute atomic E-state index is 12.9. The van der Waals surface area contributed by atoms with Crippen molar-refractivity contribution in [1.29, 1.82) is 0 Å². The molecule has 2 amide bonds. The molecule has 1 aromatic heterocycles. The molecule has 0 aliphatic carbocycles. The number of ether oxygens (including phenoxy) is 2. The van der Waals surface area contributed by atoms with Gasteiger partial charge in [-0.05, 0) is 36.2 Å². The van der Waals surface area contributed by atoms with Gasteiger partial charge in [0.25, 0.3) is 5.91 Å². The van der Waals surface area contributed by atoms with Crippen LogP contribution >= 0.6 is 0 Å². The van der Waals surface area contributed by atoms with Crippen molar-refractivity contribution in [1.82, 2.24) is 15.2 Å².